The molecule has 248 valence electrons. The van der Waals surface area contributed by atoms with Gasteiger partial charge in [0, 0.05) is 12.8 Å². The third kappa shape index (κ3) is 27.4. The van der Waals surface area contributed by atoms with Gasteiger partial charge in [-0.25, -0.2) is 0 Å². The van der Waals surface area contributed by atoms with E-state index in [1.54, 1.807) is 0 Å². The smallest absolute Gasteiger partial charge is 0.306 e. The van der Waals surface area contributed by atoms with Gasteiger partial charge in [0.05, 0.1) is 18.8 Å². The predicted octanol–water partition coefficient (Wildman–Crippen LogP) is 8.11. The highest BCUT2D eigenvalue weighted by Gasteiger charge is 2.16. The average molecular weight is 599 g/mol. The summed E-state index contributed by atoms with van der Waals surface area (Å²) in [6, 6.07) is 0. The van der Waals surface area contributed by atoms with Gasteiger partial charge in [-0.3, -0.25) is 9.59 Å². The summed E-state index contributed by atoms with van der Waals surface area (Å²) in [6.45, 7) is 3.93. The molecular formula is C35H66O7. The first-order chi connectivity index (χ1) is 20.4. The van der Waals surface area contributed by atoms with Gasteiger partial charge in [0.1, 0.15) is 6.61 Å². The summed E-state index contributed by atoms with van der Waals surface area (Å²) in [6.07, 6.45) is 25.8. The van der Waals surface area contributed by atoms with Crippen LogP contribution in [0.2, 0.25) is 0 Å². The topological polar surface area (TPSA) is 113 Å². The number of rotatable bonds is 31. The van der Waals surface area contributed by atoms with E-state index in [9.17, 15) is 24.9 Å². The number of carbonyl (C=O) groups excluding carboxylic acids is 2. The third-order valence-corrected chi connectivity index (χ3v) is 7.76. The molecule has 42 heavy (non-hydrogen) atoms. The SMILES string of the molecule is CCCCC/C=C\C[C@H](O)[C@@H](O)CCCCCCCC(=O)O[C@@H](CO)COC(=O)CCCCCCCCCCCCC. The number of hydrogen-bond acceptors (Lipinski definition) is 7. The quantitative estimate of drug-likeness (QED) is 0.0419. The average Bonchev–Trinajstić information content (AvgIpc) is 2.98. The molecule has 3 N–H and O–H groups in total. The minimum absolute atomic E-state index is 0.109. The van der Waals surface area contributed by atoms with E-state index < -0.39 is 24.3 Å². The monoisotopic (exact) mass is 598 g/mol. The number of carbonyl (C=O) groups is 2. The Bertz CT molecular complexity index is 637. The summed E-state index contributed by atoms with van der Waals surface area (Å²) in [5, 5.41) is 29.7. The lowest BCUT2D eigenvalue weighted by Gasteiger charge is -2.16. The van der Waals surface area contributed by atoms with Gasteiger partial charge in [0.25, 0.3) is 0 Å². The minimum Gasteiger partial charge on any atom is -0.462 e. The van der Waals surface area contributed by atoms with Crippen LogP contribution in [0.5, 0.6) is 0 Å². The van der Waals surface area contributed by atoms with Crippen molar-refractivity contribution < 1.29 is 34.4 Å². The fourth-order valence-corrected chi connectivity index (χ4v) is 4.93. The number of aliphatic hydroxyl groups excluding tert-OH is 3. The van der Waals surface area contributed by atoms with Gasteiger partial charge in [0.2, 0.25) is 0 Å². The number of unbranched alkanes of at least 4 members (excludes halogenated alkanes) is 17. The highest BCUT2D eigenvalue weighted by atomic mass is 16.6. The molecule has 0 amide bonds. The second kappa shape index (κ2) is 31.0. The summed E-state index contributed by atoms with van der Waals surface area (Å²) >= 11 is 0. The van der Waals surface area contributed by atoms with E-state index >= 15 is 0 Å². The molecule has 0 aliphatic carbocycles. The molecule has 0 aromatic heterocycles. The molecule has 0 aliphatic rings. The van der Waals surface area contributed by atoms with Crippen molar-refractivity contribution in [3.8, 4) is 0 Å². The zero-order valence-corrected chi connectivity index (χ0v) is 27.2. The molecule has 7 heteroatoms. The van der Waals surface area contributed by atoms with Crippen molar-refractivity contribution in [2.24, 2.45) is 0 Å². The van der Waals surface area contributed by atoms with Crippen LogP contribution in [0, 0.1) is 0 Å². The predicted molar refractivity (Wildman–Crippen MR) is 171 cm³/mol. The van der Waals surface area contributed by atoms with Gasteiger partial charge in [0.15, 0.2) is 6.10 Å². The van der Waals surface area contributed by atoms with Crippen molar-refractivity contribution in [2.75, 3.05) is 13.2 Å². The van der Waals surface area contributed by atoms with E-state index in [0.29, 0.717) is 25.7 Å². The maximum Gasteiger partial charge on any atom is 0.306 e. The molecule has 7 nitrogen and oxygen atoms in total. The second-order valence-electron chi connectivity index (χ2n) is 11.9. The number of ether oxygens (including phenoxy) is 2. The largest absolute Gasteiger partial charge is 0.462 e. The molecule has 0 unspecified atom stereocenters. The Morgan fingerprint density at radius 3 is 1.69 bits per heavy atom. The number of allylic oxidation sites excluding steroid dienone is 1. The van der Waals surface area contributed by atoms with Gasteiger partial charge in [-0.05, 0) is 38.5 Å². The van der Waals surface area contributed by atoms with Gasteiger partial charge in [-0.15, -0.1) is 0 Å². The molecule has 0 spiro atoms. The first-order valence-electron chi connectivity index (χ1n) is 17.4. The van der Waals surface area contributed by atoms with Gasteiger partial charge >= 0.3 is 11.9 Å². The summed E-state index contributed by atoms with van der Waals surface area (Å²) in [5.74, 6) is -0.700. The molecule has 0 aliphatic heterocycles. The van der Waals surface area contributed by atoms with E-state index in [0.717, 1.165) is 51.4 Å². The fourth-order valence-electron chi connectivity index (χ4n) is 4.93. The summed E-state index contributed by atoms with van der Waals surface area (Å²) in [5.41, 5.74) is 0. The maximum atomic E-state index is 12.1. The molecule has 0 rings (SSSR count). The van der Waals surface area contributed by atoms with Crippen molar-refractivity contribution in [1.29, 1.82) is 0 Å². The zero-order chi connectivity index (χ0) is 31.1. The molecular weight excluding hydrogens is 532 g/mol. The lowest BCUT2D eigenvalue weighted by Crippen LogP contribution is -2.28. The van der Waals surface area contributed by atoms with Crippen molar-refractivity contribution in [3.63, 3.8) is 0 Å². The van der Waals surface area contributed by atoms with Crippen LogP contribution >= 0.6 is 0 Å². The molecule has 0 saturated carbocycles. The standard InChI is InChI=1S/C35H66O7/c1-3-5-7-9-11-12-13-14-15-19-23-27-34(39)41-30-31(29-36)42-35(40)28-24-20-16-18-22-26-33(38)32(37)25-21-17-10-8-6-4-2/h17,21,31-33,36-38H,3-16,18-20,22-30H2,1-2H3/b21-17-/t31-,32-,33-/m0/s1. The molecule has 0 saturated heterocycles. The first-order valence-corrected chi connectivity index (χ1v) is 17.4. The molecule has 0 radical (unpaired) electrons. The van der Waals surface area contributed by atoms with Crippen molar-refractivity contribution in [1.82, 2.24) is 0 Å². The normalized spacial score (nSPS) is 13.7. The van der Waals surface area contributed by atoms with Gasteiger partial charge < -0.3 is 24.8 Å². The Morgan fingerprint density at radius 1 is 0.619 bits per heavy atom. The van der Waals surface area contributed by atoms with Crippen LogP contribution in [-0.2, 0) is 19.1 Å². The Kier molecular flexibility index (Phi) is 29.9. The van der Waals surface area contributed by atoms with Crippen LogP contribution in [0.4, 0.5) is 0 Å². The third-order valence-electron chi connectivity index (χ3n) is 7.76. The molecule has 0 fully saturated rings. The lowest BCUT2D eigenvalue weighted by molar-refractivity contribution is -0.161. The van der Waals surface area contributed by atoms with E-state index in [1.165, 1.54) is 70.6 Å². The van der Waals surface area contributed by atoms with Crippen molar-refractivity contribution in [3.05, 3.63) is 12.2 Å². The fraction of sp³-hybridized carbons (Fsp3) is 0.886. The molecule has 0 heterocycles. The van der Waals surface area contributed by atoms with Gasteiger partial charge in [-0.1, -0.05) is 129 Å². The lowest BCUT2D eigenvalue weighted by atomic mass is 10.0. The molecule has 0 aromatic rings. The van der Waals surface area contributed by atoms with E-state index in [1.807, 2.05) is 6.08 Å². The highest BCUT2D eigenvalue weighted by Crippen LogP contribution is 2.14. The zero-order valence-electron chi connectivity index (χ0n) is 27.2. The van der Waals surface area contributed by atoms with Crippen molar-refractivity contribution >= 4 is 11.9 Å². The van der Waals surface area contributed by atoms with Crippen LogP contribution in [0.3, 0.4) is 0 Å². The van der Waals surface area contributed by atoms with Crippen LogP contribution in [-0.4, -0.2) is 58.8 Å². The Labute approximate surface area is 257 Å². The first kappa shape index (κ1) is 40.6. The van der Waals surface area contributed by atoms with Crippen LogP contribution in [0.15, 0.2) is 12.2 Å². The summed E-state index contributed by atoms with van der Waals surface area (Å²) in [4.78, 5) is 24.1. The molecule has 0 bridgehead atoms. The summed E-state index contributed by atoms with van der Waals surface area (Å²) in [7, 11) is 0. The van der Waals surface area contributed by atoms with E-state index in [-0.39, 0.29) is 25.6 Å². The maximum absolute atomic E-state index is 12.1. The molecule has 3 atom stereocenters. The summed E-state index contributed by atoms with van der Waals surface area (Å²) < 4.78 is 10.5. The van der Waals surface area contributed by atoms with Crippen LogP contribution in [0.25, 0.3) is 0 Å². The Morgan fingerprint density at radius 2 is 1.12 bits per heavy atom. The second-order valence-corrected chi connectivity index (χ2v) is 11.9. The number of aliphatic hydroxyl groups is 3. The van der Waals surface area contributed by atoms with E-state index in [4.69, 9.17) is 9.47 Å². The Hall–Kier alpha value is -1.44. The number of hydrogen-bond donors (Lipinski definition) is 3. The number of esters is 2. The van der Waals surface area contributed by atoms with Crippen LogP contribution < -0.4 is 0 Å². The minimum atomic E-state index is -0.821. The molecule has 0 aromatic carbocycles. The van der Waals surface area contributed by atoms with Gasteiger partial charge in [-0.2, -0.15) is 0 Å². The Balaban J connectivity index is 3.72. The van der Waals surface area contributed by atoms with Crippen molar-refractivity contribution in [2.45, 2.75) is 186 Å². The van der Waals surface area contributed by atoms with Crippen LogP contribution in [0.1, 0.15) is 168 Å². The highest BCUT2D eigenvalue weighted by molar-refractivity contribution is 5.70. The van der Waals surface area contributed by atoms with E-state index in [2.05, 4.69) is 19.9 Å².